The number of rotatable bonds is 4. The Kier molecular flexibility index (Phi) is 5.89. The number of hydrogen-bond donors (Lipinski definition) is 3. The first kappa shape index (κ1) is 18.9. The molecule has 0 spiro atoms. The van der Waals surface area contributed by atoms with Crippen LogP contribution in [0.15, 0.2) is 17.3 Å². The molecule has 0 saturated carbocycles. The minimum absolute atomic E-state index is 0.143. The summed E-state index contributed by atoms with van der Waals surface area (Å²) < 4.78 is 17.1. The van der Waals surface area contributed by atoms with Gasteiger partial charge in [-0.25, -0.2) is 9.98 Å². The van der Waals surface area contributed by atoms with Crippen LogP contribution in [0, 0.1) is 0 Å². The third kappa shape index (κ3) is 4.34. The van der Waals surface area contributed by atoms with Crippen LogP contribution in [-0.2, 0) is 9.47 Å². The number of anilines is 1. The number of aromatic nitrogens is 2. The Morgan fingerprint density at radius 2 is 2.00 bits per heavy atom. The predicted molar refractivity (Wildman–Crippen MR) is 105 cm³/mol. The Morgan fingerprint density at radius 1 is 1.21 bits per heavy atom. The largest absolute Gasteiger partial charge is 0.481 e. The number of morpholine rings is 1. The van der Waals surface area contributed by atoms with E-state index in [-0.39, 0.29) is 6.10 Å². The molecule has 10 nitrogen and oxygen atoms in total. The average Bonchev–Trinajstić information content (AvgIpc) is 2.74. The van der Waals surface area contributed by atoms with Crippen LogP contribution in [0.5, 0.6) is 5.88 Å². The first-order chi connectivity index (χ1) is 13.7. The van der Waals surface area contributed by atoms with Crippen LogP contribution in [0.1, 0.15) is 18.5 Å². The van der Waals surface area contributed by atoms with Gasteiger partial charge in [0, 0.05) is 25.4 Å². The summed E-state index contributed by atoms with van der Waals surface area (Å²) in [6.45, 7) is 4.69. The average molecular weight is 389 g/mol. The minimum atomic E-state index is -0.537. The number of nitrogens with one attached hydrogen (secondary N) is 2. The molecule has 10 heteroatoms. The third-order valence-corrected chi connectivity index (χ3v) is 4.91. The zero-order valence-electron chi connectivity index (χ0n) is 16.1. The molecule has 4 rings (SSSR count). The number of ether oxygens (including phenoxy) is 3. The van der Waals surface area contributed by atoms with E-state index >= 15 is 0 Å². The molecule has 0 aromatic carbocycles. The Morgan fingerprint density at radius 3 is 2.75 bits per heavy atom. The minimum Gasteiger partial charge on any atom is -0.481 e. The number of methoxy groups -OCH3 is 1. The van der Waals surface area contributed by atoms with Gasteiger partial charge in [-0.15, -0.1) is 0 Å². The monoisotopic (exact) mass is 389 g/mol. The third-order valence-electron chi connectivity index (χ3n) is 4.91. The molecule has 0 aliphatic carbocycles. The lowest BCUT2D eigenvalue weighted by atomic mass is 10.1. The zero-order chi connectivity index (χ0) is 19.3. The molecule has 2 fully saturated rings. The summed E-state index contributed by atoms with van der Waals surface area (Å²) in [7, 11) is 1.57. The highest BCUT2D eigenvalue weighted by Gasteiger charge is 2.24. The van der Waals surface area contributed by atoms with E-state index in [1.54, 1.807) is 13.3 Å². The van der Waals surface area contributed by atoms with Gasteiger partial charge in [-0.3, -0.25) is 5.73 Å². The maximum atomic E-state index is 6.21. The van der Waals surface area contributed by atoms with Crippen molar-refractivity contribution in [3.8, 4) is 5.88 Å². The Labute approximate surface area is 164 Å². The summed E-state index contributed by atoms with van der Waals surface area (Å²) in [6, 6.07) is 1.84. The Bertz CT molecular complexity index is 743. The fraction of sp³-hybridized carbons (Fsp3) is 0.611. The number of aliphatic imine (C=N–C) groups is 1. The van der Waals surface area contributed by atoms with Crippen molar-refractivity contribution in [3.63, 3.8) is 0 Å². The lowest BCUT2D eigenvalue weighted by Gasteiger charge is -2.28. The van der Waals surface area contributed by atoms with Crippen molar-refractivity contribution in [3.05, 3.63) is 18.0 Å². The highest BCUT2D eigenvalue weighted by Crippen LogP contribution is 2.25. The lowest BCUT2D eigenvalue weighted by molar-refractivity contribution is 0.121. The van der Waals surface area contributed by atoms with E-state index in [9.17, 15) is 0 Å². The normalized spacial score (nSPS) is 23.5. The zero-order valence-corrected chi connectivity index (χ0v) is 16.1. The van der Waals surface area contributed by atoms with Crippen molar-refractivity contribution >= 4 is 17.4 Å². The van der Waals surface area contributed by atoms with Crippen LogP contribution in [0.25, 0.3) is 5.57 Å². The number of piperidine rings is 1. The van der Waals surface area contributed by atoms with Crippen LogP contribution in [-0.4, -0.2) is 74.8 Å². The van der Waals surface area contributed by atoms with Gasteiger partial charge in [0.2, 0.25) is 17.7 Å². The Balaban J connectivity index is 1.66. The maximum Gasteiger partial charge on any atom is 0.229 e. The molecule has 1 unspecified atom stereocenters. The first-order valence-corrected chi connectivity index (χ1v) is 9.66. The van der Waals surface area contributed by atoms with Crippen molar-refractivity contribution in [1.82, 2.24) is 20.6 Å². The van der Waals surface area contributed by atoms with E-state index in [0.29, 0.717) is 36.6 Å². The smallest absolute Gasteiger partial charge is 0.229 e. The molecule has 2 saturated heterocycles. The summed E-state index contributed by atoms with van der Waals surface area (Å²) in [5.74, 6) is 1.62. The van der Waals surface area contributed by atoms with Gasteiger partial charge in [0.1, 0.15) is 6.10 Å². The molecule has 1 atom stereocenters. The molecular formula is C18H27N7O3. The van der Waals surface area contributed by atoms with Gasteiger partial charge in [-0.2, -0.15) is 4.98 Å². The Hall–Kier alpha value is -2.43. The number of nitrogens with two attached hydrogens (primary N) is 1. The molecule has 3 aliphatic rings. The summed E-state index contributed by atoms with van der Waals surface area (Å²) in [4.78, 5) is 15.8. The summed E-state index contributed by atoms with van der Waals surface area (Å²) in [5.41, 5.74) is 7.23. The van der Waals surface area contributed by atoms with Gasteiger partial charge in [0.05, 0.1) is 31.6 Å². The molecule has 4 heterocycles. The summed E-state index contributed by atoms with van der Waals surface area (Å²) in [5, 5.41) is 6.35. The van der Waals surface area contributed by atoms with Crippen molar-refractivity contribution in [2.45, 2.75) is 25.2 Å². The fourth-order valence-electron chi connectivity index (χ4n) is 3.41. The highest BCUT2D eigenvalue weighted by molar-refractivity contribution is 6.19. The molecule has 4 N–H and O–H groups in total. The molecule has 0 radical (unpaired) electrons. The lowest BCUT2D eigenvalue weighted by Crippen LogP contribution is -2.38. The van der Waals surface area contributed by atoms with Crippen LogP contribution in [0.3, 0.4) is 0 Å². The van der Waals surface area contributed by atoms with Crippen LogP contribution in [0.4, 0.5) is 5.95 Å². The van der Waals surface area contributed by atoms with Crippen molar-refractivity contribution < 1.29 is 14.2 Å². The molecular weight excluding hydrogens is 362 g/mol. The quantitative estimate of drug-likeness (QED) is 0.636. The van der Waals surface area contributed by atoms with Gasteiger partial charge in [-0.05, 0) is 25.9 Å². The standard InChI is InChI=1S/C18H27N7O3/c1-26-16-13(11-21-17(19)24-16)14-10-15(28-12-2-4-20-5-3-12)23-18(22-14)25-6-8-27-9-7-25/h10-12,17,20-21H,2-9,19H2,1H3. The van der Waals surface area contributed by atoms with E-state index in [1.165, 1.54) is 0 Å². The summed E-state index contributed by atoms with van der Waals surface area (Å²) >= 11 is 0. The molecule has 1 aromatic heterocycles. The van der Waals surface area contributed by atoms with E-state index < -0.39 is 6.29 Å². The fourth-order valence-corrected chi connectivity index (χ4v) is 3.41. The van der Waals surface area contributed by atoms with E-state index in [2.05, 4.69) is 25.5 Å². The van der Waals surface area contributed by atoms with Crippen LogP contribution in [0.2, 0.25) is 0 Å². The van der Waals surface area contributed by atoms with E-state index in [4.69, 9.17) is 24.9 Å². The second-order valence-corrected chi connectivity index (χ2v) is 6.87. The molecule has 28 heavy (non-hydrogen) atoms. The topological polar surface area (TPSA) is 119 Å². The van der Waals surface area contributed by atoms with E-state index in [1.807, 2.05) is 6.07 Å². The second kappa shape index (κ2) is 8.72. The van der Waals surface area contributed by atoms with Gasteiger partial charge >= 0.3 is 0 Å². The molecule has 3 aliphatic heterocycles. The SMILES string of the molecule is COC1=NC(N)NC=C1c1cc(OC2CCNCC2)nc(N2CCOCC2)n1. The maximum absolute atomic E-state index is 6.21. The van der Waals surface area contributed by atoms with Crippen LogP contribution < -0.4 is 26.0 Å². The molecule has 152 valence electrons. The predicted octanol–water partition coefficient (Wildman–Crippen LogP) is -0.325. The van der Waals surface area contributed by atoms with Gasteiger partial charge in [-0.1, -0.05) is 0 Å². The van der Waals surface area contributed by atoms with Gasteiger partial charge in [0.15, 0.2) is 6.29 Å². The molecule has 0 bridgehead atoms. The highest BCUT2D eigenvalue weighted by atomic mass is 16.5. The molecule has 1 aromatic rings. The van der Waals surface area contributed by atoms with Crippen molar-refractivity contribution in [2.75, 3.05) is 51.4 Å². The van der Waals surface area contributed by atoms with Gasteiger partial charge in [0.25, 0.3) is 0 Å². The first-order valence-electron chi connectivity index (χ1n) is 9.66. The van der Waals surface area contributed by atoms with Crippen molar-refractivity contribution in [2.24, 2.45) is 10.7 Å². The number of nitrogens with zero attached hydrogens (tertiary/aromatic N) is 4. The van der Waals surface area contributed by atoms with Gasteiger partial charge < -0.3 is 29.7 Å². The summed E-state index contributed by atoms with van der Waals surface area (Å²) in [6.07, 6.45) is 3.29. The van der Waals surface area contributed by atoms with Crippen molar-refractivity contribution in [1.29, 1.82) is 0 Å². The number of hydrogen-bond acceptors (Lipinski definition) is 10. The molecule has 0 amide bonds. The second-order valence-electron chi connectivity index (χ2n) is 6.87. The van der Waals surface area contributed by atoms with Crippen LogP contribution >= 0.6 is 0 Å². The van der Waals surface area contributed by atoms with E-state index in [0.717, 1.165) is 44.6 Å².